The molecule has 0 atom stereocenters. The molecule has 10 heteroatoms. The van der Waals surface area contributed by atoms with E-state index in [1.807, 2.05) is 27.7 Å². The molecule has 0 aliphatic heterocycles. The average Bonchev–Trinajstić information content (AvgIpc) is 3.40. The summed E-state index contributed by atoms with van der Waals surface area (Å²) in [5.41, 5.74) is 1.87. The van der Waals surface area contributed by atoms with E-state index in [1.54, 1.807) is 47.1 Å². The van der Waals surface area contributed by atoms with E-state index < -0.39 is 0 Å². The Balaban J connectivity index is 2.06. The zero-order valence-electron chi connectivity index (χ0n) is 19.0. The number of hydrogen-bond acceptors (Lipinski definition) is 5. The van der Waals surface area contributed by atoms with Crippen molar-refractivity contribution in [3.05, 3.63) is 69.0 Å². The predicted octanol–water partition coefficient (Wildman–Crippen LogP) is 6.60. The topological polar surface area (TPSA) is 85.8 Å². The number of carbonyl (C=O) groups excluding carboxylic acids is 1. The van der Waals surface area contributed by atoms with Crippen LogP contribution in [0.1, 0.15) is 43.9 Å². The van der Waals surface area contributed by atoms with Gasteiger partial charge in [-0.3, -0.25) is 4.79 Å². The fraction of sp³-hybridized carbons (Fsp3) is 0.250. The standard InChI is InChI=1S/C24H22Cl3N5O2/c1-5-28-21(33)18-19(22-29-30-23(34-22)24(2,3)4)31-32(17-11-10-15(26)12-16(17)27)20(18)13-6-8-14(25)9-7-13/h6-12H,5H2,1-4H3,(H,28,33). The van der Waals surface area contributed by atoms with Crippen LogP contribution in [-0.4, -0.2) is 32.4 Å². The zero-order chi connectivity index (χ0) is 24.6. The van der Waals surface area contributed by atoms with E-state index in [1.165, 1.54) is 0 Å². The van der Waals surface area contributed by atoms with Crippen LogP contribution >= 0.6 is 34.8 Å². The van der Waals surface area contributed by atoms with E-state index in [-0.39, 0.29) is 28.5 Å². The Kier molecular flexibility index (Phi) is 6.71. The fourth-order valence-electron chi connectivity index (χ4n) is 3.36. The number of hydrogen-bond donors (Lipinski definition) is 1. The van der Waals surface area contributed by atoms with Gasteiger partial charge in [-0.1, -0.05) is 67.7 Å². The lowest BCUT2D eigenvalue weighted by atomic mass is 9.97. The highest BCUT2D eigenvalue weighted by Crippen LogP contribution is 2.37. The van der Waals surface area contributed by atoms with E-state index in [4.69, 9.17) is 44.3 Å². The lowest BCUT2D eigenvalue weighted by Gasteiger charge is -2.12. The molecule has 2 aromatic heterocycles. The van der Waals surface area contributed by atoms with Gasteiger partial charge >= 0.3 is 0 Å². The molecule has 1 N–H and O–H groups in total. The molecule has 0 aliphatic rings. The van der Waals surface area contributed by atoms with Crippen LogP contribution in [-0.2, 0) is 5.41 Å². The van der Waals surface area contributed by atoms with Crippen LogP contribution in [0, 0.1) is 0 Å². The molecule has 0 radical (unpaired) electrons. The van der Waals surface area contributed by atoms with E-state index >= 15 is 0 Å². The third-order valence-electron chi connectivity index (χ3n) is 4.97. The fourth-order valence-corrected chi connectivity index (χ4v) is 3.97. The van der Waals surface area contributed by atoms with Crippen molar-refractivity contribution in [2.45, 2.75) is 33.1 Å². The lowest BCUT2D eigenvalue weighted by Crippen LogP contribution is -2.23. The van der Waals surface area contributed by atoms with Crippen LogP contribution in [0.3, 0.4) is 0 Å². The van der Waals surface area contributed by atoms with Gasteiger partial charge in [-0.05, 0) is 37.3 Å². The van der Waals surface area contributed by atoms with Crippen LogP contribution in [0.5, 0.6) is 0 Å². The first-order valence-electron chi connectivity index (χ1n) is 10.6. The Labute approximate surface area is 212 Å². The summed E-state index contributed by atoms with van der Waals surface area (Å²) in [6.07, 6.45) is 0. The number of halogens is 3. The van der Waals surface area contributed by atoms with Crippen molar-refractivity contribution in [2.24, 2.45) is 0 Å². The van der Waals surface area contributed by atoms with Gasteiger partial charge in [0.25, 0.3) is 11.8 Å². The average molecular weight is 519 g/mol. The molecule has 0 unspecified atom stereocenters. The minimum absolute atomic E-state index is 0.130. The van der Waals surface area contributed by atoms with E-state index in [0.717, 1.165) is 0 Å². The maximum Gasteiger partial charge on any atom is 0.269 e. The Morgan fingerprint density at radius 3 is 2.29 bits per heavy atom. The van der Waals surface area contributed by atoms with Crippen molar-refractivity contribution in [3.63, 3.8) is 0 Å². The number of nitrogens with one attached hydrogen (secondary N) is 1. The summed E-state index contributed by atoms with van der Waals surface area (Å²) in [6.45, 7) is 8.13. The number of aromatic nitrogens is 4. The number of rotatable bonds is 5. The van der Waals surface area contributed by atoms with Crippen molar-refractivity contribution >= 4 is 40.7 Å². The molecular formula is C24H22Cl3N5O2. The second-order valence-electron chi connectivity index (χ2n) is 8.61. The second kappa shape index (κ2) is 9.41. The zero-order valence-corrected chi connectivity index (χ0v) is 21.3. The van der Waals surface area contributed by atoms with Gasteiger partial charge in [-0.15, -0.1) is 10.2 Å². The van der Waals surface area contributed by atoms with Crippen molar-refractivity contribution in [3.8, 4) is 28.5 Å². The minimum atomic E-state index is -0.377. The van der Waals surface area contributed by atoms with Gasteiger partial charge in [0.15, 0.2) is 5.69 Å². The third-order valence-corrected chi connectivity index (χ3v) is 5.76. The predicted molar refractivity (Wildman–Crippen MR) is 134 cm³/mol. The highest BCUT2D eigenvalue weighted by Gasteiger charge is 2.31. The molecule has 0 spiro atoms. The molecule has 4 aromatic rings. The summed E-state index contributed by atoms with van der Waals surface area (Å²) in [6, 6.07) is 12.1. The van der Waals surface area contributed by atoms with Gasteiger partial charge in [-0.25, -0.2) is 4.68 Å². The lowest BCUT2D eigenvalue weighted by molar-refractivity contribution is 0.0957. The highest BCUT2D eigenvalue weighted by atomic mass is 35.5. The minimum Gasteiger partial charge on any atom is -0.419 e. The maximum atomic E-state index is 13.4. The summed E-state index contributed by atoms with van der Waals surface area (Å²) in [7, 11) is 0. The molecule has 0 fully saturated rings. The molecule has 0 saturated heterocycles. The Morgan fingerprint density at radius 2 is 1.71 bits per heavy atom. The molecule has 0 aliphatic carbocycles. The van der Waals surface area contributed by atoms with Crippen LogP contribution < -0.4 is 5.32 Å². The number of nitrogens with zero attached hydrogens (tertiary/aromatic N) is 4. The van der Waals surface area contributed by atoms with Gasteiger partial charge in [0, 0.05) is 27.6 Å². The molecule has 0 bridgehead atoms. The molecule has 176 valence electrons. The van der Waals surface area contributed by atoms with Gasteiger partial charge in [0.05, 0.1) is 22.0 Å². The number of amides is 1. The van der Waals surface area contributed by atoms with E-state index in [9.17, 15) is 4.79 Å². The summed E-state index contributed by atoms with van der Waals surface area (Å²) >= 11 is 18.8. The normalized spacial score (nSPS) is 11.6. The van der Waals surface area contributed by atoms with Crippen LogP contribution in [0.15, 0.2) is 46.9 Å². The van der Waals surface area contributed by atoms with Gasteiger partial charge in [0.1, 0.15) is 0 Å². The Bertz CT molecular complexity index is 1350. The molecule has 34 heavy (non-hydrogen) atoms. The molecule has 2 heterocycles. The summed E-state index contributed by atoms with van der Waals surface area (Å²) < 4.78 is 7.54. The molecule has 1 amide bonds. The summed E-state index contributed by atoms with van der Waals surface area (Å²) in [5.74, 6) is 0.219. The summed E-state index contributed by atoms with van der Waals surface area (Å²) in [4.78, 5) is 13.4. The van der Waals surface area contributed by atoms with E-state index in [0.29, 0.717) is 44.4 Å². The molecule has 7 nitrogen and oxygen atoms in total. The van der Waals surface area contributed by atoms with Gasteiger partial charge < -0.3 is 9.73 Å². The van der Waals surface area contributed by atoms with Crippen LogP contribution in [0.4, 0.5) is 0 Å². The van der Waals surface area contributed by atoms with Gasteiger partial charge in [0.2, 0.25) is 5.89 Å². The molecule has 4 rings (SSSR count). The second-order valence-corrected chi connectivity index (χ2v) is 9.89. The Hall–Kier alpha value is -2.87. The first-order valence-corrected chi connectivity index (χ1v) is 11.7. The largest absolute Gasteiger partial charge is 0.419 e. The van der Waals surface area contributed by atoms with Crippen molar-refractivity contribution in [1.82, 2.24) is 25.3 Å². The third kappa shape index (κ3) is 4.69. The van der Waals surface area contributed by atoms with Crippen LogP contribution in [0.25, 0.3) is 28.5 Å². The summed E-state index contributed by atoms with van der Waals surface area (Å²) in [5, 5.41) is 17.4. The molecular weight excluding hydrogens is 497 g/mol. The van der Waals surface area contributed by atoms with Crippen molar-refractivity contribution < 1.29 is 9.21 Å². The highest BCUT2D eigenvalue weighted by molar-refractivity contribution is 6.35. The van der Waals surface area contributed by atoms with E-state index in [2.05, 4.69) is 15.5 Å². The first kappa shape index (κ1) is 24.3. The van der Waals surface area contributed by atoms with Gasteiger partial charge in [-0.2, -0.15) is 5.10 Å². The smallest absolute Gasteiger partial charge is 0.269 e. The number of carbonyl (C=O) groups is 1. The first-order chi connectivity index (χ1) is 16.1. The number of benzene rings is 2. The maximum absolute atomic E-state index is 13.4. The Morgan fingerprint density at radius 1 is 1.03 bits per heavy atom. The molecule has 0 saturated carbocycles. The SMILES string of the molecule is CCNC(=O)c1c(-c2nnc(C(C)(C)C)o2)nn(-c2ccc(Cl)cc2Cl)c1-c1ccc(Cl)cc1. The monoisotopic (exact) mass is 517 g/mol. The quantitative estimate of drug-likeness (QED) is 0.322. The molecule has 2 aromatic carbocycles. The van der Waals surface area contributed by atoms with Crippen LogP contribution in [0.2, 0.25) is 15.1 Å². The van der Waals surface area contributed by atoms with Crippen molar-refractivity contribution in [1.29, 1.82) is 0 Å². The van der Waals surface area contributed by atoms with Crippen molar-refractivity contribution in [2.75, 3.05) is 6.54 Å².